The van der Waals surface area contributed by atoms with E-state index in [4.69, 9.17) is 11.6 Å². The molecule has 2 N–H and O–H groups in total. The lowest BCUT2D eigenvalue weighted by molar-refractivity contribution is -0.131. The summed E-state index contributed by atoms with van der Waals surface area (Å²) in [6.07, 6.45) is -1.33. The molecule has 1 saturated heterocycles. The highest BCUT2D eigenvalue weighted by atomic mass is 35.5. The van der Waals surface area contributed by atoms with Crippen LogP contribution in [0.5, 0.6) is 0 Å². The van der Waals surface area contributed by atoms with Gasteiger partial charge in [-0.25, -0.2) is 14.2 Å². The smallest absolute Gasteiger partial charge is 0.321 e. The predicted molar refractivity (Wildman–Crippen MR) is 165 cm³/mol. The highest BCUT2D eigenvalue weighted by Gasteiger charge is 2.39. The molecule has 0 aromatic heterocycles. The number of para-hydroxylation sites is 1. The highest BCUT2D eigenvalue weighted by Crippen LogP contribution is 2.40. The Morgan fingerprint density at radius 2 is 1.65 bits per heavy atom. The number of urea groups is 1. The van der Waals surface area contributed by atoms with E-state index in [0.717, 1.165) is 13.1 Å². The van der Waals surface area contributed by atoms with Gasteiger partial charge in [-0.05, 0) is 49.5 Å². The molecule has 10 nitrogen and oxygen atoms in total. The molecule has 0 radical (unpaired) electrons. The van der Waals surface area contributed by atoms with E-state index >= 15 is 4.39 Å². The first-order valence-electron chi connectivity index (χ1n) is 14.1. The fraction of sp³-hybridized carbons (Fsp3) is 0.290. The first-order valence-corrected chi connectivity index (χ1v) is 14.5. The van der Waals surface area contributed by atoms with Gasteiger partial charge in [0.1, 0.15) is 5.82 Å². The molecule has 0 saturated carbocycles. The largest absolute Gasteiger partial charge is 0.359 e. The second kappa shape index (κ2) is 12.0. The summed E-state index contributed by atoms with van der Waals surface area (Å²) in [5.74, 6) is -0.959. The minimum Gasteiger partial charge on any atom is -0.359 e. The van der Waals surface area contributed by atoms with Gasteiger partial charge in [0.05, 0.1) is 23.6 Å². The molecule has 3 aromatic rings. The molecular formula is C31H31ClFN7O3. The lowest BCUT2D eigenvalue weighted by Gasteiger charge is -2.40. The molecule has 4 amide bonds. The second-order valence-electron chi connectivity index (χ2n) is 10.7. The predicted octanol–water partition coefficient (Wildman–Crippen LogP) is 3.40. The van der Waals surface area contributed by atoms with E-state index in [2.05, 4.69) is 20.5 Å². The molecule has 0 bridgehead atoms. The lowest BCUT2D eigenvalue weighted by atomic mass is 9.97. The molecule has 0 aliphatic carbocycles. The highest BCUT2D eigenvalue weighted by molar-refractivity contribution is 6.30. The summed E-state index contributed by atoms with van der Waals surface area (Å²) in [6.45, 7) is 3.77. The lowest BCUT2D eigenvalue weighted by Crippen LogP contribution is -2.54. The summed E-state index contributed by atoms with van der Waals surface area (Å²) in [5, 5.41) is 5.87. The molecule has 222 valence electrons. The van der Waals surface area contributed by atoms with Gasteiger partial charge in [0.15, 0.2) is 0 Å². The van der Waals surface area contributed by atoms with E-state index < -0.39 is 23.9 Å². The van der Waals surface area contributed by atoms with E-state index in [1.54, 1.807) is 53.4 Å². The van der Waals surface area contributed by atoms with Gasteiger partial charge in [0.2, 0.25) is 12.1 Å². The van der Waals surface area contributed by atoms with Crippen molar-refractivity contribution >= 4 is 52.2 Å². The Bertz CT molecular complexity index is 1590. The normalized spacial score (nSPS) is 18.5. The molecule has 3 aliphatic heterocycles. The zero-order valence-electron chi connectivity index (χ0n) is 23.6. The number of piperazine rings is 1. The van der Waals surface area contributed by atoms with Crippen LogP contribution in [0.15, 0.2) is 71.7 Å². The number of nitrogens with zero attached hydrogens (tertiary/aromatic N) is 5. The number of nitrogens with one attached hydrogen (secondary N) is 2. The molecule has 0 spiro atoms. The molecule has 6 rings (SSSR count). The summed E-state index contributed by atoms with van der Waals surface area (Å²) in [7, 11) is 2.04. The van der Waals surface area contributed by atoms with Crippen LogP contribution < -0.4 is 20.4 Å². The summed E-state index contributed by atoms with van der Waals surface area (Å²) in [6, 6.07) is 17.5. The number of rotatable bonds is 5. The van der Waals surface area contributed by atoms with Gasteiger partial charge >= 0.3 is 6.03 Å². The maximum atomic E-state index is 15.2. The summed E-state index contributed by atoms with van der Waals surface area (Å²) in [5.41, 5.74) is 2.65. The zero-order chi connectivity index (χ0) is 30.1. The fourth-order valence-electron chi connectivity index (χ4n) is 5.61. The van der Waals surface area contributed by atoms with Crippen molar-refractivity contribution in [2.24, 2.45) is 4.99 Å². The van der Waals surface area contributed by atoms with Crippen molar-refractivity contribution in [3.05, 3.63) is 88.7 Å². The zero-order valence-corrected chi connectivity index (χ0v) is 24.4. The maximum Gasteiger partial charge on any atom is 0.321 e. The van der Waals surface area contributed by atoms with Crippen molar-refractivity contribution < 1.29 is 18.8 Å². The van der Waals surface area contributed by atoms with Crippen molar-refractivity contribution in [3.8, 4) is 0 Å². The third-order valence-corrected chi connectivity index (χ3v) is 8.17. The molecule has 3 heterocycles. The number of aliphatic imine (C=N–C) groups is 1. The van der Waals surface area contributed by atoms with E-state index in [-0.39, 0.29) is 30.3 Å². The van der Waals surface area contributed by atoms with Crippen LogP contribution in [-0.2, 0) is 9.59 Å². The monoisotopic (exact) mass is 603 g/mol. The number of hydrogen-bond acceptors (Lipinski definition) is 6. The van der Waals surface area contributed by atoms with Gasteiger partial charge in [-0.3, -0.25) is 9.59 Å². The minimum atomic E-state index is -1.33. The average Bonchev–Trinajstić information content (AvgIpc) is 3.11. The Morgan fingerprint density at radius 3 is 2.40 bits per heavy atom. The summed E-state index contributed by atoms with van der Waals surface area (Å²) < 4.78 is 15.2. The number of halogens is 2. The number of amides is 4. The van der Waals surface area contributed by atoms with Crippen molar-refractivity contribution in [1.29, 1.82) is 0 Å². The fourth-order valence-corrected chi connectivity index (χ4v) is 5.73. The quantitative estimate of drug-likeness (QED) is 0.466. The molecular weight excluding hydrogens is 573 g/mol. The molecule has 1 fully saturated rings. The van der Waals surface area contributed by atoms with Crippen molar-refractivity contribution in [3.63, 3.8) is 0 Å². The number of likely N-dealkylation sites (N-methyl/N-ethyl adjacent to an activating group) is 1. The molecule has 1 atom stereocenters. The molecule has 1 unspecified atom stereocenters. The Morgan fingerprint density at radius 1 is 0.930 bits per heavy atom. The van der Waals surface area contributed by atoms with E-state index in [1.165, 1.54) is 6.07 Å². The number of carbonyl (C=O) groups is 3. The van der Waals surface area contributed by atoms with Crippen LogP contribution in [0.25, 0.3) is 0 Å². The van der Waals surface area contributed by atoms with Gasteiger partial charge in [-0.15, -0.1) is 0 Å². The molecule has 43 heavy (non-hydrogen) atoms. The standard InChI is InChI=1S/C31H31ClFN7O3/c1-37-13-15-38(16-14-37)26(41)19-39-17-18-40-28-23(6-4-8-25(28)39)27(22-5-2-3-7-24(22)33)35-29(30(40)42)36-31(43)34-21-11-9-20(32)10-12-21/h2-12,29H,13-19H2,1H3,(H2,34,36,43). The van der Waals surface area contributed by atoms with Gasteiger partial charge in [0, 0.05) is 61.1 Å². The van der Waals surface area contributed by atoms with Crippen molar-refractivity contribution in [1.82, 2.24) is 15.1 Å². The van der Waals surface area contributed by atoms with Gasteiger partial charge in [-0.2, -0.15) is 0 Å². The third kappa shape index (κ3) is 5.91. The van der Waals surface area contributed by atoms with Gasteiger partial charge in [-0.1, -0.05) is 35.9 Å². The van der Waals surface area contributed by atoms with Gasteiger partial charge < -0.3 is 30.2 Å². The molecule has 3 aromatic carbocycles. The van der Waals surface area contributed by atoms with Gasteiger partial charge in [0.25, 0.3) is 5.91 Å². The van der Waals surface area contributed by atoms with Crippen molar-refractivity contribution in [2.45, 2.75) is 6.17 Å². The Hall–Kier alpha value is -4.48. The first kappa shape index (κ1) is 28.6. The van der Waals surface area contributed by atoms with E-state index in [9.17, 15) is 14.4 Å². The second-order valence-corrected chi connectivity index (χ2v) is 11.2. The van der Waals surface area contributed by atoms with E-state index in [0.29, 0.717) is 47.3 Å². The van der Waals surface area contributed by atoms with Crippen LogP contribution in [0.3, 0.4) is 0 Å². The van der Waals surface area contributed by atoms with Crippen LogP contribution in [0.1, 0.15) is 11.1 Å². The molecule has 3 aliphatic rings. The van der Waals surface area contributed by atoms with Crippen LogP contribution in [0.2, 0.25) is 5.02 Å². The SMILES string of the molecule is CN1CCN(C(=O)CN2CCN3C(=O)C(NC(=O)Nc4ccc(Cl)cc4)N=C(c4ccccc4F)c4cccc2c43)CC1. The van der Waals surface area contributed by atoms with Crippen LogP contribution >= 0.6 is 11.6 Å². The molecule has 12 heteroatoms. The number of anilines is 3. The first-order chi connectivity index (χ1) is 20.8. The number of carbonyl (C=O) groups excluding carboxylic acids is 3. The Labute approximate surface area is 253 Å². The topological polar surface area (TPSA) is 101 Å². The minimum absolute atomic E-state index is 0.0144. The number of benzene rings is 3. The van der Waals surface area contributed by atoms with Crippen LogP contribution in [0, 0.1) is 5.82 Å². The Balaban J connectivity index is 1.34. The Kier molecular flexibility index (Phi) is 8.00. The average molecular weight is 604 g/mol. The van der Waals surface area contributed by atoms with E-state index in [1.807, 2.05) is 29.0 Å². The maximum absolute atomic E-state index is 15.2. The summed E-state index contributed by atoms with van der Waals surface area (Å²) >= 11 is 5.95. The third-order valence-electron chi connectivity index (χ3n) is 7.91. The van der Waals surface area contributed by atoms with Crippen molar-refractivity contribution in [2.75, 3.05) is 68.0 Å². The van der Waals surface area contributed by atoms with Crippen LogP contribution in [0.4, 0.5) is 26.2 Å². The number of hydrogen-bond donors (Lipinski definition) is 2. The van der Waals surface area contributed by atoms with Crippen LogP contribution in [-0.4, -0.2) is 92.4 Å². The summed E-state index contributed by atoms with van der Waals surface area (Å²) in [4.78, 5) is 52.5.